The lowest BCUT2D eigenvalue weighted by atomic mass is 9.69. The lowest BCUT2D eigenvalue weighted by molar-refractivity contribution is 0.573. The average Bonchev–Trinajstić information content (AvgIpc) is 4.04. The molecule has 1 spiro atoms. The zero-order chi connectivity index (χ0) is 34.9. The topological polar surface area (TPSA) is 45.7 Å². The van der Waals surface area contributed by atoms with Crippen LogP contribution in [-0.4, -0.2) is 4.98 Å². The Hall–Kier alpha value is -7.11. The lowest BCUT2D eigenvalue weighted by Gasteiger charge is -2.35. The molecule has 0 fully saturated rings. The average molecular weight is 682 g/mol. The van der Waals surface area contributed by atoms with E-state index >= 15 is 0 Å². The summed E-state index contributed by atoms with van der Waals surface area (Å²) in [5.74, 6) is 1.47. The smallest absolute Gasteiger partial charge is 0.204 e. The van der Waals surface area contributed by atoms with Gasteiger partial charge in [0.1, 0.15) is 0 Å². The van der Waals surface area contributed by atoms with Gasteiger partial charge in [0.25, 0.3) is 0 Å². The van der Waals surface area contributed by atoms with E-state index in [2.05, 4.69) is 143 Å². The van der Waals surface area contributed by atoms with Crippen LogP contribution in [0.25, 0.3) is 33.2 Å². The van der Waals surface area contributed by atoms with E-state index in [1.807, 2.05) is 42.6 Å². The summed E-state index contributed by atoms with van der Waals surface area (Å²) in [7, 11) is 0. The van der Waals surface area contributed by atoms with Crippen LogP contribution in [0.5, 0.6) is 0 Å². The van der Waals surface area contributed by atoms with E-state index < -0.39 is 5.41 Å². The number of benzene rings is 6. The predicted molar refractivity (Wildman–Crippen MR) is 212 cm³/mol. The Morgan fingerprint density at radius 1 is 0.453 bits per heavy atom. The van der Waals surface area contributed by atoms with Gasteiger partial charge < -0.3 is 8.83 Å². The minimum atomic E-state index is -0.694. The number of pyridine rings is 1. The van der Waals surface area contributed by atoms with Crippen LogP contribution in [0.4, 0.5) is 34.5 Å². The van der Waals surface area contributed by atoms with Crippen LogP contribution in [0.3, 0.4) is 0 Å². The molecule has 0 saturated heterocycles. The van der Waals surface area contributed by atoms with Gasteiger partial charge >= 0.3 is 0 Å². The third kappa shape index (κ3) is 4.10. The molecule has 0 atom stereocenters. The molecule has 2 aliphatic rings. The van der Waals surface area contributed by atoms with Crippen LogP contribution >= 0.6 is 0 Å². The summed E-state index contributed by atoms with van der Waals surface area (Å²) < 4.78 is 12.4. The first-order valence-electron chi connectivity index (χ1n) is 17.9. The molecular formula is C48H31N3O2. The quantitative estimate of drug-likeness (QED) is 0.175. The van der Waals surface area contributed by atoms with Gasteiger partial charge in [-0.15, -0.1) is 0 Å². The molecule has 3 aromatic heterocycles. The molecule has 9 aromatic rings. The zero-order valence-electron chi connectivity index (χ0n) is 28.6. The second-order valence-electron chi connectivity index (χ2n) is 13.5. The van der Waals surface area contributed by atoms with E-state index in [1.165, 1.54) is 33.4 Å². The molecular weight excluding hydrogens is 651 g/mol. The highest BCUT2D eigenvalue weighted by Crippen LogP contribution is 2.67. The second-order valence-corrected chi connectivity index (χ2v) is 13.5. The van der Waals surface area contributed by atoms with Gasteiger partial charge in [0.2, 0.25) is 11.8 Å². The maximum absolute atomic E-state index is 6.24. The van der Waals surface area contributed by atoms with Crippen molar-refractivity contribution in [2.75, 3.05) is 9.80 Å². The van der Waals surface area contributed by atoms with Crippen molar-refractivity contribution in [2.45, 2.75) is 5.41 Å². The third-order valence-electron chi connectivity index (χ3n) is 10.9. The Kier molecular flexibility index (Phi) is 6.40. The van der Waals surface area contributed by atoms with Gasteiger partial charge in [0, 0.05) is 46.2 Å². The molecule has 0 unspecified atom stereocenters. The van der Waals surface area contributed by atoms with Crippen molar-refractivity contribution < 1.29 is 8.83 Å². The Labute approximate surface area is 306 Å². The number of hydrogen-bond acceptors (Lipinski definition) is 5. The summed E-state index contributed by atoms with van der Waals surface area (Å²) in [5, 5.41) is 1.03. The Morgan fingerprint density at radius 2 is 1.02 bits per heavy atom. The minimum Gasteiger partial charge on any atom is -0.448 e. The third-order valence-corrected chi connectivity index (χ3v) is 10.9. The molecule has 5 heteroatoms. The van der Waals surface area contributed by atoms with Crippen molar-refractivity contribution in [3.8, 4) is 22.3 Å². The van der Waals surface area contributed by atoms with Crippen LogP contribution in [0.2, 0.25) is 0 Å². The molecule has 0 bridgehead atoms. The number of furan rings is 2. The van der Waals surface area contributed by atoms with Crippen LogP contribution in [0.15, 0.2) is 197 Å². The number of para-hydroxylation sites is 2. The Bertz CT molecular complexity index is 2750. The molecule has 0 N–H and O–H groups in total. The highest BCUT2D eigenvalue weighted by Gasteiger charge is 2.54. The summed E-state index contributed by atoms with van der Waals surface area (Å²) in [6.45, 7) is 0. The van der Waals surface area contributed by atoms with Crippen LogP contribution in [0, 0.1) is 0 Å². The van der Waals surface area contributed by atoms with E-state index in [9.17, 15) is 0 Å². The van der Waals surface area contributed by atoms with Crippen molar-refractivity contribution in [3.63, 3.8) is 0 Å². The van der Waals surface area contributed by atoms with Gasteiger partial charge in [-0.3, -0.25) is 14.8 Å². The maximum Gasteiger partial charge on any atom is 0.204 e. The predicted octanol–water partition coefficient (Wildman–Crippen LogP) is 12.7. The van der Waals surface area contributed by atoms with Crippen molar-refractivity contribution in [1.29, 1.82) is 0 Å². The SMILES string of the molecule is c1ccc(N(c2ccco2)c2cccc3c2C2(c4ccccc4-c4ccccc42)c2cc(N(c4ccccc4)c4ccco4)c4cccnc4c2-3)cc1. The molecule has 0 radical (unpaired) electrons. The first kappa shape index (κ1) is 29.6. The van der Waals surface area contributed by atoms with Gasteiger partial charge in [0.15, 0.2) is 0 Å². The molecule has 5 nitrogen and oxygen atoms in total. The van der Waals surface area contributed by atoms with E-state index in [0.717, 1.165) is 56.5 Å². The highest BCUT2D eigenvalue weighted by atomic mass is 16.3. The molecule has 0 aliphatic heterocycles. The van der Waals surface area contributed by atoms with E-state index in [4.69, 9.17) is 13.8 Å². The van der Waals surface area contributed by atoms with Crippen molar-refractivity contribution in [2.24, 2.45) is 0 Å². The largest absolute Gasteiger partial charge is 0.448 e. The molecule has 0 amide bonds. The fourth-order valence-corrected chi connectivity index (χ4v) is 8.96. The van der Waals surface area contributed by atoms with Crippen LogP contribution in [-0.2, 0) is 5.41 Å². The first-order valence-corrected chi connectivity index (χ1v) is 17.9. The summed E-state index contributed by atoms with van der Waals surface area (Å²) in [6.07, 6.45) is 5.39. The standard InChI is InChI=1S/C48H31N3O2/c1-3-15-32(16-4-1)50(43-26-13-29-52-43)41-25-11-21-37-45-40(48(46(37)41)38-23-9-7-19-34(38)35-20-8-10-24-39(35)48)31-42(36-22-12-28-49-47(36)45)51(44-27-14-30-53-44)33-17-5-2-6-18-33/h1-31H. The number of nitrogens with zero attached hydrogens (tertiary/aromatic N) is 3. The summed E-state index contributed by atoms with van der Waals surface area (Å²) >= 11 is 0. The van der Waals surface area contributed by atoms with Gasteiger partial charge in [-0.2, -0.15) is 0 Å². The van der Waals surface area contributed by atoms with Gasteiger partial charge in [-0.05, 0) is 94.0 Å². The van der Waals surface area contributed by atoms with E-state index in [0.29, 0.717) is 0 Å². The first-order chi connectivity index (χ1) is 26.3. The summed E-state index contributed by atoms with van der Waals surface area (Å²) in [6, 6.07) is 60.0. The van der Waals surface area contributed by atoms with Gasteiger partial charge in [0.05, 0.1) is 34.8 Å². The zero-order valence-corrected chi connectivity index (χ0v) is 28.6. The summed E-state index contributed by atoms with van der Waals surface area (Å²) in [4.78, 5) is 9.70. The van der Waals surface area contributed by atoms with Crippen molar-refractivity contribution >= 4 is 45.4 Å². The fraction of sp³-hybridized carbons (Fsp3) is 0.0208. The van der Waals surface area contributed by atoms with Crippen LogP contribution in [0.1, 0.15) is 22.3 Å². The summed E-state index contributed by atoms with van der Waals surface area (Å²) in [5.41, 5.74) is 13.9. The number of fused-ring (bicyclic) bond motifs is 12. The normalized spacial score (nSPS) is 13.1. The minimum absolute atomic E-state index is 0.694. The van der Waals surface area contributed by atoms with Gasteiger partial charge in [-0.25, -0.2) is 0 Å². The number of rotatable bonds is 6. The monoisotopic (exact) mass is 681 g/mol. The molecule has 250 valence electrons. The maximum atomic E-state index is 6.24. The molecule has 11 rings (SSSR count). The van der Waals surface area contributed by atoms with Crippen molar-refractivity contribution in [3.05, 3.63) is 211 Å². The number of anilines is 6. The van der Waals surface area contributed by atoms with E-state index in [1.54, 1.807) is 12.5 Å². The highest BCUT2D eigenvalue weighted by molar-refractivity contribution is 6.11. The molecule has 2 aliphatic carbocycles. The number of aromatic nitrogens is 1. The Morgan fingerprint density at radius 3 is 1.62 bits per heavy atom. The van der Waals surface area contributed by atoms with Gasteiger partial charge in [-0.1, -0.05) is 97.1 Å². The fourth-order valence-electron chi connectivity index (χ4n) is 8.96. The molecule has 3 heterocycles. The van der Waals surface area contributed by atoms with E-state index in [-0.39, 0.29) is 0 Å². The molecule has 0 saturated carbocycles. The van der Waals surface area contributed by atoms with Crippen molar-refractivity contribution in [1.82, 2.24) is 4.98 Å². The lowest BCUT2D eigenvalue weighted by Crippen LogP contribution is -2.28. The number of hydrogen-bond donors (Lipinski definition) is 0. The second kappa shape index (κ2) is 11.5. The Balaban J connectivity index is 1.32. The van der Waals surface area contributed by atoms with Crippen LogP contribution < -0.4 is 9.80 Å². The molecule has 53 heavy (non-hydrogen) atoms. The molecule has 6 aromatic carbocycles.